The highest BCUT2D eigenvalue weighted by atomic mass is 19.1. The number of hydrogen-bond donors (Lipinski definition) is 2. The third-order valence-corrected chi connectivity index (χ3v) is 3.23. The van der Waals surface area contributed by atoms with E-state index in [9.17, 15) is 13.6 Å². The van der Waals surface area contributed by atoms with E-state index in [1.54, 1.807) is 25.1 Å². The normalized spacial score (nSPS) is 12.0. The fourth-order valence-corrected chi connectivity index (χ4v) is 2.07. The maximum Gasteiger partial charge on any atom is 0.253 e. The van der Waals surface area contributed by atoms with Gasteiger partial charge in [0.2, 0.25) is 0 Å². The highest BCUT2D eigenvalue weighted by molar-refractivity contribution is 5.99. The second-order valence-electron chi connectivity index (χ2n) is 4.95. The van der Waals surface area contributed by atoms with Gasteiger partial charge in [-0.3, -0.25) is 4.79 Å². The van der Waals surface area contributed by atoms with Crippen LogP contribution in [-0.4, -0.2) is 5.91 Å². The maximum atomic E-state index is 13.7. The number of halogens is 2. The fourth-order valence-electron chi connectivity index (χ4n) is 2.07. The van der Waals surface area contributed by atoms with Crippen molar-refractivity contribution in [2.24, 2.45) is 0 Å². The molecule has 0 saturated carbocycles. The predicted molar refractivity (Wildman–Crippen MR) is 77.8 cm³/mol. The number of nitrogens with one attached hydrogen (secondary N) is 1. The van der Waals surface area contributed by atoms with Crippen LogP contribution < -0.4 is 11.1 Å². The molecule has 0 aliphatic carbocycles. The summed E-state index contributed by atoms with van der Waals surface area (Å²) in [5.41, 5.74) is 7.40. The lowest BCUT2D eigenvalue weighted by atomic mass is 10.1. The topological polar surface area (TPSA) is 55.1 Å². The SMILES string of the molecule is Cc1ccc(N)c(C(=O)NC(C)c2cc(F)ccc2F)c1. The van der Waals surface area contributed by atoms with Crippen molar-refractivity contribution < 1.29 is 13.6 Å². The molecule has 1 amide bonds. The number of anilines is 1. The van der Waals surface area contributed by atoms with Gasteiger partial charge < -0.3 is 11.1 Å². The van der Waals surface area contributed by atoms with Gasteiger partial charge in [-0.05, 0) is 44.2 Å². The summed E-state index contributed by atoms with van der Waals surface area (Å²) in [4.78, 5) is 12.2. The molecule has 0 spiro atoms. The van der Waals surface area contributed by atoms with E-state index >= 15 is 0 Å². The van der Waals surface area contributed by atoms with Crippen LogP contribution >= 0.6 is 0 Å². The average Bonchev–Trinajstić information content (AvgIpc) is 2.43. The van der Waals surface area contributed by atoms with E-state index in [2.05, 4.69) is 5.32 Å². The molecule has 0 aromatic heterocycles. The van der Waals surface area contributed by atoms with Crippen LogP contribution in [0.4, 0.5) is 14.5 Å². The van der Waals surface area contributed by atoms with Crippen LogP contribution in [0, 0.1) is 18.6 Å². The minimum absolute atomic E-state index is 0.0922. The maximum absolute atomic E-state index is 13.7. The second kappa shape index (κ2) is 5.91. The van der Waals surface area contributed by atoms with Crippen LogP contribution in [0.25, 0.3) is 0 Å². The van der Waals surface area contributed by atoms with Gasteiger partial charge in [0.1, 0.15) is 11.6 Å². The molecule has 1 unspecified atom stereocenters. The summed E-state index contributed by atoms with van der Waals surface area (Å²) in [6, 6.07) is 7.55. The first-order valence-corrected chi connectivity index (χ1v) is 6.50. The third kappa shape index (κ3) is 3.37. The zero-order chi connectivity index (χ0) is 15.6. The van der Waals surface area contributed by atoms with Crippen LogP contribution in [0.1, 0.15) is 34.5 Å². The first-order chi connectivity index (χ1) is 9.88. The Hall–Kier alpha value is -2.43. The highest BCUT2D eigenvalue weighted by Gasteiger charge is 2.17. The van der Waals surface area contributed by atoms with E-state index in [1.165, 1.54) is 0 Å². The summed E-state index contributed by atoms with van der Waals surface area (Å²) < 4.78 is 26.9. The number of amides is 1. The molecule has 3 N–H and O–H groups in total. The summed E-state index contributed by atoms with van der Waals surface area (Å²) in [6.07, 6.45) is 0. The van der Waals surface area contributed by atoms with Crippen molar-refractivity contribution in [3.05, 3.63) is 64.7 Å². The first-order valence-electron chi connectivity index (χ1n) is 6.50. The van der Waals surface area contributed by atoms with Gasteiger partial charge >= 0.3 is 0 Å². The Labute approximate surface area is 121 Å². The van der Waals surface area contributed by atoms with Crippen LogP contribution in [0.3, 0.4) is 0 Å². The molecule has 2 aromatic carbocycles. The third-order valence-electron chi connectivity index (χ3n) is 3.23. The van der Waals surface area contributed by atoms with E-state index in [0.29, 0.717) is 11.3 Å². The van der Waals surface area contributed by atoms with Crippen molar-refractivity contribution in [2.45, 2.75) is 19.9 Å². The lowest BCUT2D eigenvalue weighted by Crippen LogP contribution is -2.28. The molecular formula is C16H16F2N2O. The van der Waals surface area contributed by atoms with Crippen LogP contribution in [-0.2, 0) is 0 Å². The molecule has 2 aromatic rings. The molecule has 0 radical (unpaired) electrons. The highest BCUT2D eigenvalue weighted by Crippen LogP contribution is 2.20. The van der Waals surface area contributed by atoms with Crippen LogP contribution in [0.15, 0.2) is 36.4 Å². The lowest BCUT2D eigenvalue weighted by Gasteiger charge is -2.16. The molecule has 2 rings (SSSR count). The molecular weight excluding hydrogens is 274 g/mol. The number of rotatable bonds is 3. The van der Waals surface area contributed by atoms with Crippen LogP contribution in [0.5, 0.6) is 0 Å². The van der Waals surface area contributed by atoms with E-state index in [-0.39, 0.29) is 5.56 Å². The number of carbonyl (C=O) groups excluding carboxylic acids is 1. The standard InChI is InChI=1S/C16H16F2N2O/c1-9-3-6-15(19)13(7-9)16(21)20-10(2)12-8-11(17)4-5-14(12)18/h3-8,10H,19H2,1-2H3,(H,20,21). The Morgan fingerprint density at radius 3 is 2.62 bits per heavy atom. The molecule has 0 aliphatic heterocycles. The summed E-state index contributed by atoms with van der Waals surface area (Å²) in [7, 11) is 0. The molecule has 0 aliphatic rings. The Morgan fingerprint density at radius 1 is 1.19 bits per heavy atom. The lowest BCUT2D eigenvalue weighted by molar-refractivity contribution is 0.0940. The predicted octanol–water partition coefficient (Wildman–Crippen LogP) is 3.35. The van der Waals surface area contributed by atoms with Crippen molar-refractivity contribution in [3.8, 4) is 0 Å². The number of nitrogen functional groups attached to an aromatic ring is 1. The largest absolute Gasteiger partial charge is 0.398 e. The van der Waals surface area contributed by atoms with Gasteiger partial charge in [0.05, 0.1) is 11.6 Å². The zero-order valence-corrected chi connectivity index (χ0v) is 11.8. The van der Waals surface area contributed by atoms with E-state index < -0.39 is 23.6 Å². The van der Waals surface area contributed by atoms with Gasteiger partial charge in [-0.25, -0.2) is 8.78 Å². The Bertz CT molecular complexity index is 686. The number of benzene rings is 2. The Morgan fingerprint density at radius 2 is 1.90 bits per heavy atom. The monoisotopic (exact) mass is 290 g/mol. The molecule has 3 nitrogen and oxygen atoms in total. The van der Waals surface area contributed by atoms with Gasteiger partial charge in [0.15, 0.2) is 0 Å². The second-order valence-corrected chi connectivity index (χ2v) is 4.95. The van der Waals surface area contributed by atoms with E-state index in [0.717, 1.165) is 23.8 Å². The minimum atomic E-state index is -0.673. The van der Waals surface area contributed by atoms with Gasteiger partial charge in [0, 0.05) is 11.3 Å². The summed E-state index contributed by atoms with van der Waals surface area (Å²) in [6.45, 7) is 3.42. The minimum Gasteiger partial charge on any atom is -0.398 e. The summed E-state index contributed by atoms with van der Waals surface area (Å²) in [5, 5.41) is 2.62. The van der Waals surface area contributed by atoms with Crippen molar-refractivity contribution in [1.82, 2.24) is 5.32 Å². The summed E-state index contributed by atoms with van der Waals surface area (Å²) >= 11 is 0. The molecule has 0 heterocycles. The van der Waals surface area contributed by atoms with Gasteiger partial charge in [-0.1, -0.05) is 11.6 Å². The summed E-state index contributed by atoms with van der Waals surface area (Å²) in [5.74, 6) is -1.55. The molecule has 21 heavy (non-hydrogen) atoms. The van der Waals surface area contributed by atoms with Crippen molar-refractivity contribution in [2.75, 3.05) is 5.73 Å². The van der Waals surface area contributed by atoms with Gasteiger partial charge in [-0.2, -0.15) is 0 Å². The van der Waals surface area contributed by atoms with Crippen molar-refractivity contribution in [1.29, 1.82) is 0 Å². The molecule has 0 saturated heterocycles. The zero-order valence-electron chi connectivity index (χ0n) is 11.8. The molecule has 0 fully saturated rings. The van der Waals surface area contributed by atoms with E-state index in [4.69, 9.17) is 5.73 Å². The van der Waals surface area contributed by atoms with Crippen molar-refractivity contribution in [3.63, 3.8) is 0 Å². The number of aryl methyl sites for hydroxylation is 1. The Balaban J connectivity index is 2.23. The molecule has 0 bridgehead atoms. The Kier molecular flexibility index (Phi) is 4.21. The average molecular weight is 290 g/mol. The van der Waals surface area contributed by atoms with Gasteiger partial charge in [0.25, 0.3) is 5.91 Å². The molecule has 110 valence electrons. The molecule has 5 heteroatoms. The first kappa shape index (κ1) is 15.0. The van der Waals surface area contributed by atoms with Gasteiger partial charge in [-0.15, -0.1) is 0 Å². The number of carbonyl (C=O) groups is 1. The number of nitrogens with two attached hydrogens (primary N) is 1. The smallest absolute Gasteiger partial charge is 0.253 e. The van der Waals surface area contributed by atoms with Crippen LogP contribution in [0.2, 0.25) is 0 Å². The fraction of sp³-hybridized carbons (Fsp3) is 0.188. The van der Waals surface area contributed by atoms with Crippen molar-refractivity contribution >= 4 is 11.6 Å². The van der Waals surface area contributed by atoms with E-state index in [1.807, 2.05) is 6.92 Å². The quantitative estimate of drug-likeness (QED) is 0.852. The number of hydrogen-bond acceptors (Lipinski definition) is 2. The molecule has 1 atom stereocenters.